The van der Waals surface area contributed by atoms with Crippen LogP contribution in [0.4, 0.5) is 5.69 Å². The Bertz CT molecular complexity index is 983. The van der Waals surface area contributed by atoms with Crippen LogP contribution in [-0.4, -0.2) is 22.1 Å². The quantitative estimate of drug-likeness (QED) is 0.705. The first-order chi connectivity index (χ1) is 13.0. The highest BCUT2D eigenvalue weighted by Crippen LogP contribution is 2.18. The molecule has 6 nitrogen and oxygen atoms in total. The van der Waals surface area contributed by atoms with Crippen LogP contribution >= 0.6 is 11.6 Å². The number of carbonyl (C=O) groups is 1. The molecule has 1 aromatic heterocycles. The second kappa shape index (κ2) is 8.51. The summed E-state index contributed by atoms with van der Waals surface area (Å²) in [4.78, 5) is 28.7. The molecule has 0 saturated heterocycles. The Hall–Kier alpha value is -3.12. The molecule has 0 atom stereocenters. The molecule has 0 aliphatic rings. The van der Waals surface area contributed by atoms with E-state index >= 15 is 0 Å². The summed E-state index contributed by atoms with van der Waals surface area (Å²) in [7, 11) is 0. The first-order valence-electron chi connectivity index (χ1n) is 8.40. The summed E-state index contributed by atoms with van der Waals surface area (Å²) in [5.74, 6) is 0.413. The number of ether oxygens (including phenoxy) is 1. The molecular formula is C20H18ClN3O3. The van der Waals surface area contributed by atoms with Crippen LogP contribution in [-0.2, 0) is 11.3 Å². The molecule has 0 aliphatic carbocycles. The van der Waals surface area contributed by atoms with Crippen LogP contribution in [0.1, 0.15) is 6.92 Å². The number of carbonyl (C=O) groups excluding carboxylic acids is 1. The van der Waals surface area contributed by atoms with Gasteiger partial charge in [-0.25, -0.2) is 4.98 Å². The molecule has 0 spiro atoms. The summed E-state index contributed by atoms with van der Waals surface area (Å²) >= 11 is 5.87. The van der Waals surface area contributed by atoms with Gasteiger partial charge in [-0.2, -0.15) is 0 Å². The SMILES string of the molecule is CCOc1ccc(NC(=O)Cn2cnc(-c3ccc(Cl)cc3)cc2=O)cc1. The first kappa shape index (κ1) is 18.7. The number of rotatable bonds is 6. The Morgan fingerprint density at radius 2 is 1.85 bits per heavy atom. The Kier molecular flexibility index (Phi) is 5.88. The number of nitrogens with one attached hydrogen (secondary N) is 1. The zero-order chi connectivity index (χ0) is 19.2. The van der Waals surface area contributed by atoms with Crippen molar-refractivity contribution in [1.29, 1.82) is 0 Å². The Morgan fingerprint density at radius 1 is 1.15 bits per heavy atom. The fourth-order valence-electron chi connectivity index (χ4n) is 2.48. The van der Waals surface area contributed by atoms with Crippen molar-refractivity contribution in [2.75, 3.05) is 11.9 Å². The lowest BCUT2D eigenvalue weighted by atomic mass is 10.1. The summed E-state index contributed by atoms with van der Waals surface area (Å²) in [5.41, 5.74) is 1.63. The molecule has 3 rings (SSSR count). The normalized spacial score (nSPS) is 10.4. The molecule has 0 aliphatic heterocycles. The number of anilines is 1. The lowest BCUT2D eigenvalue weighted by Crippen LogP contribution is -2.27. The monoisotopic (exact) mass is 383 g/mol. The molecule has 2 aromatic carbocycles. The third-order valence-corrected chi connectivity index (χ3v) is 4.03. The number of halogens is 1. The van der Waals surface area contributed by atoms with Gasteiger partial charge in [-0.1, -0.05) is 23.7 Å². The molecule has 1 heterocycles. The van der Waals surface area contributed by atoms with Crippen LogP contribution in [0.5, 0.6) is 5.75 Å². The second-order valence-corrected chi connectivity index (χ2v) is 6.19. The van der Waals surface area contributed by atoms with Crippen molar-refractivity contribution in [2.45, 2.75) is 13.5 Å². The highest BCUT2D eigenvalue weighted by molar-refractivity contribution is 6.30. The van der Waals surface area contributed by atoms with Gasteiger partial charge in [0.05, 0.1) is 18.6 Å². The second-order valence-electron chi connectivity index (χ2n) is 5.75. The zero-order valence-electron chi connectivity index (χ0n) is 14.7. The number of hydrogen-bond donors (Lipinski definition) is 1. The van der Waals surface area contributed by atoms with Gasteiger partial charge in [0.25, 0.3) is 5.56 Å². The van der Waals surface area contributed by atoms with Crippen LogP contribution in [0.15, 0.2) is 65.7 Å². The van der Waals surface area contributed by atoms with Crippen molar-refractivity contribution in [3.8, 4) is 17.0 Å². The summed E-state index contributed by atoms with van der Waals surface area (Å²) in [6.45, 7) is 2.35. The number of amides is 1. The van der Waals surface area contributed by atoms with Gasteiger partial charge >= 0.3 is 0 Å². The van der Waals surface area contributed by atoms with Crippen LogP contribution < -0.4 is 15.6 Å². The summed E-state index contributed by atoms with van der Waals surface area (Å²) in [6, 6.07) is 15.5. The molecular weight excluding hydrogens is 366 g/mol. The van der Waals surface area contributed by atoms with E-state index in [2.05, 4.69) is 10.3 Å². The van der Waals surface area contributed by atoms with Crippen LogP contribution in [0, 0.1) is 0 Å². The van der Waals surface area contributed by atoms with Gasteiger partial charge < -0.3 is 10.1 Å². The molecule has 27 heavy (non-hydrogen) atoms. The van der Waals surface area contributed by atoms with Gasteiger partial charge in [-0.15, -0.1) is 0 Å². The fraction of sp³-hybridized carbons (Fsp3) is 0.150. The van der Waals surface area contributed by atoms with Crippen molar-refractivity contribution in [1.82, 2.24) is 9.55 Å². The van der Waals surface area contributed by atoms with E-state index in [-0.39, 0.29) is 18.0 Å². The van der Waals surface area contributed by atoms with Gasteiger partial charge in [0.2, 0.25) is 5.91 Å². The maximum absolute atomic E-state index is 12.3. The van der Waals surface area contributed by atoms with Crippen LogP contribution in [0.3, 0.4) is 0 Å². The summed E-state index contributed by atoms with van der Waals surface area (Å²) < 4.78 is 6.61. The largest absolute Gasteiger partial charge is 0.494 e. The van der Waals surface area contributed by atoms with Gasteiger partial charge in [-0.05, 0) is 43.3 Å². The molecule has 138 valence electrons. The van der Waals surface area contributed by atoms with E-state index in [9.17, 15) is 9.59 Å². The Morgan fingerprint density at radius 3 is 2.48 bits per heavy atom. The maximum atomic E-state index is 12.3. The topological polar surface area (TPSA) is 73.2 Å². The molecule has 0 fully saturated rings. The van der Waals surface area contributed by atoms with E-state index in [1.165, 1.54) is 17.0 Å². The van der Waals surface area contributed by atoms with Crippen LogP contribution in [0.2, 0.25) is 5.02 Å². The van der Waals surface area contributed by atoms with Crippen molar-refractivity contribution in [3.63, 3.8) is 0 Å². The predicted molar refractivity (Wildman–Crippen MR) is 105 cm³/mol. The molecule has 0 radical (unpaired) electrons. The lowest BCUT2D eigenvalue weighted by Gasteiger charge is -2.09. The van der Waals surface area contributed by atoms with Crippen molar-refractivity contribution >= 4 is 23.2 Å². The average Bonchev–Trinajstić information content (AvgIpc) is 2.66. The van der Waals surface area contributed by atoms with Crippen molar-refractivity contribution in [3.05, 3.63) is 76.3 Å². The average molecular weight is 384 g/mol. The zero-order valence-corrected chi connectivity index (χ0v) is 15.4. The Balaban J connectivity index is 1.67. The van der Waals surface area contributed by atoms with E-state index in [1.807, 2.05) is 6.92 Å². The highest BCUT2D eigenvalue weighted by atomic mass is 35.5. The summed E-state index contributed by atoms with van der Waals surface area (Å²) in [5, 5.41) is 3.35. The number of hydrogen-bond acceptors (Lipinski definition) is 4. The Labute approximate surface area is 161 Å². The first-order valence-corrected chi connectivity index (χ1v) is 8.78. The molecule has 1 amide bonds. The summed E-state index contributed by atoms with van der Waals surface area (Å²) in [6.07, 6.45) is 1.37. The molecule has 3 aromatic rings. The molecule has 0 bridgehead atoms. The maximum Gasteiger partial charge on any atom is 0.254 e. The predicted octanol–water partition coefficient (Wildman–Crippen LogP) is 3.60. The van der Waals surface area contributed by atoms with Gasteiger partial charge in [-0.3, -0.25) is 14.2 Å². The van der Waals surface area contributed by atoms with Crippen molar-refractivity contribution in [2.24, 2.45) is 0 Å². The number of aromatic nitrogens is 2. The van der Waals surface area contributed by atoms with Gasteiger partial charge in [0.15, 0.2) is 0 Å². The van der Waals surface area contributed by atoms with E-state index in [0.717, 1.165) is 11.3 Å². The van der Waals surface area contributed by atoms with Gasteiger partial charge in [0, 0.05) is 22.3 Å². The van der Waals surface area contributed by atoms with E-state index in [1.54, 1.807) is 48.5 Å². The van der Waals surface area contributed by atoms with E-state index in [0.29, 0.717) is 23.0 Å². The third kappa shape index (κ3) is 4.95. The van der Waals surface area contributed by atoms with E-state index < -0.39 is 0 Å². The van der Waals surface area contributed by atoms with Crippen molar-refractivity contribution < 1.29 is 9.53 Å². The molecule has 1 N–H and O–H groups in total. The third-order valence-electron chi connectivity index (χ3n) is 3.78. The minimum absolute atomic E-state index is 0.125. The highest BCUT2D eigenvalue weighted by Gasteiger charge is 2.08. The molecule has 0 unspecified atom stereocenters. The number of benzene rings is 2. The van der Waals surface area contributed by atoms with Gasteiger partial charge in [0.1, 0.15) is 12.3 Å². The van der Waals surface area contributed by atoms with E-state index in [4.69, 9.17) is 16.3 Å². The number of nitrogens with zero attached hydrogens (tertiary/aromatic N) is 2. The van der Waals surface area contributed by atoms with Crippen LogP contribution in [0.25, 0.3) is 11.3 Å². The minimum Gasteiger partial charge on any atom is -0.494 e. The molecule has 0 saturated carbocycles. The smallest absolute Gasteiger partial charge is 0.254 e. The fourth-order valence-corrected chi connectivity index (χ4v) is 2.61. The minimum atomic E-state index is -0.317. The standard InChI is InChI=1S/C20H18ClN3O3/c1-2-27-17-9-7-16(8-10-17)23-19(25)12-24-13-22-18(11-20(24)26)14-3-5-15(21)6-4-14/h3-11,13H,2,12H2,1H3,(H,23,25). The molecule has 7 heteroatoms. The lowest BCUT2D eigenvalue weighted by molar-refractivity contribution is -0.116.